The highest BCUT2D eigenvalue weighted by atomic mass is 32.2. The molecule has 2 aromatic rings. The molecule has 0 bridgehead atoms. The van der Waals surface area contributed by atoms with Gasteiger partial charge in [0.25, 0.3) is 10.0 Å². The molecule has 3 rings (SSSR count). The van der Waals surface area contributed by atoms with Gasteiger partial charge in [0.15, 0.2) is 17.0 Å². The van der Waals surface area contributed by atoms with E-state index in [-0.39, 0.29) is 12.2 Å². The van der Waals surface area contributed by atoms with Crippen molar-refractivity contribution in [3.63, 3.8) is 0 Å². The van der Waals surface area contributed by atoms with Gasteiger partial charge in [-0.1, -0.05) is 6.07 Å². The molecule has 1 fully saturated rings. The minimum Gasteiger partial charge on any atom is -0.326 e. The lowest BCUT2D eigenvalue weighted by Gasteiger charge is -2.20. The van der Waals surface area contributed by atoms with Crippen molar-refractivity contribution < 1.29 is 22.0 Å². The van der Waals surface area contributed by atoms with Crippen LogP contribution in [0.3, 0.4) is 0 Å². The summed E-state index contributed by atoms with van der Waals surface area (Å²) in [4.78, 5) is 12.5. The van der Waals surface area contributed by atoms with E-state index in [1.165, 1.54) is 6.07 Å². The highest BCUT2D eigenvalue weighted by Gasteiger charge is 2.42. The minimum absolute atomic E-state index is 0.0363. The number of benzene rings is 2. The molecule has 1 aliphatic heterocycles. The Hall–Kier alpha value is -2.56. The first-order valence-electron chi connectivity index (χ1n) is 8.50. The van der Waals surface area contributed by atoms with E-state index in [9.17, 15) is 22.0 Å². The van der Waals surface area contributed by atoms with Crippen LogP contribution in [0.1, 0.15) is 11.1 Å². The van der Waals surface area contributed by atoms with E-state index in [0.29, 0.717) is 5.69 Å². The largest absolute Gasteiger partial charge is 0.326 e. The number of carbonyl (C=O) groups excluding carboxylic acids is 1. The van der Waals surface area contributed by atoms with Crippen LogP contribution in [0.4, 0.5) is 20.2 Å². The maximum absolute atomic E-state index is 13.3. The summed E-state index contributed by atoms with van der Waals surface area (Å²) in [6, 6.07) is 8.19. The molecule has 4 N–H and O–H groups in total. The molecule has 1 heterocycles. The number of anilines is 2. The van der Waals surface area contributed by atoms with Crippen molar-refractivity contribution in [1.82, 2.24) is 10.9 Å². The Kier molecular flexibility index (Phi) is 5.64. The second-order valence-corrected chi connectivity index (χ2v) is 8.50. The fourth-order valence-electron chi connectivity index (χ4n) is 3.07. The molecule has 0 aromatic heterocycles. The Balaban J connectivity index is 1.76. The van der Waals surface area contributed by atoms with Crippen molar-refractivity contribution in [3.05, 3.63) is 59.2 Å². The average molecular weight is 410 g/mol. The molecule has 0 saturated carbocycles. The van der Waals surface area contributed by atoms with Crippen LogP contribution in [-0.2, 0) is 14.8 Å². The lowest BCUT2D eigenvalue weighted by molar-refractivity contribution is -0.119. The van der Waals surface area contributed by atoms with Gasteiger partial charge in [-0.15, -0.1) is 0 Å². The van der Waals surface area contributed by atoms with Crippen LogP contribution in [0.15, 0.2) is 36.4 Å². The van der Waals surface area contributed by atoms with Crippen molar-refractivity contribution in [3.8, 4) is 0 Å². The number of hydrazine groups is 1. The van der Waals surface area contributed by atoms with Gasteiger partial charge >= 0.3 is 0 Å². The van der Waals surface area contributed by atoms with E-state index in [1.807, 2.05) is 19.9 Å². The topological polar surface area (TPSA) is 99.3 Å². The number of halogens is 2. The second-order valence-electron chi connectivity index (χ2n) is 6.69. The van der Waals surface area contributed by atoms with E-state index in [0.717, 1.165) is 23.3 Å². The Labute approximate surface area is 161 Å². The summed E-state index contributed by atoms with van der Waals surface area (Å²) in [5, 5.41) is 1.17. The molecular weight excluding hydrogens is 390 g/mol. The molecule has 1 saturated heterocycles. The van der Waals surface area contributed by atoms with Gasteiger partial charge in [0.05, 0.1) is 5.92 Å². The van der Waals surface area contributed by atoms with Gasteiger partial charge in [-0.3, -0.25) is 14.9 Å². The molecule has 2 unspecified atom stereocenters. The first-order chi connectivity index (χ1) is 13.2. The molecule has 10 heteroatoms. The molecule has 150 valence electrons. The maximum atomic E-state index is 13.3. The van der Waals surface area contributed by atoms with Crippen LogP contribution in [-0.4, -0.2) is 26.2 Å². The molecule has 0 aliphatic carbocycles. The van der Waals surface area contributed by atoms with Crippen molar-refractivity contribution in [1.29, 1.82) is 0 Å². The third-order valence-corrected chi connectivity index (χ3v) is 5.91. The Morgan fingerprint density at radius 2 is 1.71 bits per heavy atom. The SMILES string of the molecule is Cc1cc(C)cc(NS(=O)(=O)C2NNCC2C(=O)Nc2ccc(F)c(F)c2)c1. The first-order valence-corrected chi connectivity index (χ1v) is 10.0. The molecule has 0 radical (unpaired) electrons. The Morgan fingerprint density at radius 3 is 2.36 bits per heavy atom. The zero-order valence-electron chi connectivity index (χ0n) is 15.2. The molecule has 2 atom stereocenters. The molecule has 28 heavy (non-hydrogen) atoms. The molecule has 2 aromatic carbocycles. The van der Waals surface area contributed by atoms with Gasteiger partial charge in [-0.25, -0.2) is 22.6 Å². The monoisotopic (exact) mass is 410 g/mol. The lowest BCUT2D eigenvalue weighted by Crippen LogP contribution is -2.45. The third-order valence-electron chi connectivity index (χ3n) is 4.27. The number of carbonyl (C=O) groups is 1. The number of nitrogens with one attached hydrogen (secondary N) is 4. The van der Waals surface area contributed by atoms with E-state index in [1.54, 1.807) is 12.1 Å². The Bertz CT molecular complexity index is 994. The van der Waals surface area contributed by atoms with Crippen LogP contribution in [0, 0.1) is 31.4 Å². The number of hydrogen-bond acceptors (Lipinski definition) is 5. The fraction of sp³-hybridized carbons (Fsp3) is 0.278. The van der Waals surface area contributed by atoms with Crippen molar-refractivity contribution >= 4 is 27.3 Å². The van der Waals surface area contributed by atoms with Crippen LogP contribution >= 0.6 is 0 Å². The highest BCUT2D eigenvalue weighted by molar-refractivity contribution is 7.93. The first kappa shape index (κ1) is 20.2. The van der Waals surface area contributed by atoms with Crippen molar-refractivity contribution in [2.75, 3.05) is 16.6 Å². The van der Waals surface area contributed by atoms with Crippen molar-refractivity contribution in [2.24, 2.45) is 5.92 Å². The predicted molar refractivity (Wildman–Crippen MR) is 102 cm³/mol. The smallest absolute Gasteiger partial charge is 0.250 e. The van der Waals surface area contributed by atoms with Gasteiger partial charge in [-0.05, 0) is 49.2 Å². The summed E-state index contributed by atoms with van der Waals surface area (Å²) in [6.07, 6.45) is 0. The lowest BCUT2D eigenvalue weighted by atomic mass is 10.1. The minimum atomic E-state index is -3.97. The zero-order chi connectivity index (χ0) is 20.5. The van der Waals surface area contributed by atoms with E-state index in [4.69, 9.17) is 0 Å². The second kappa shape index (κ2) is 7.82. The van der Waals surface area contributed by atoms with E-state index < -0.39 is 38.9 Å². The molecule has 1 amide bonds. The summed E-state index contributed by atoms with van der Waals surface area (Å²) in [5.74, 6) is -3.78. The van der Waals surface area contributed by atoms with E-state index >= 15 is 0 Å². The predicted octanol–water partition coefficient (Wildman–Crippen LogP) is 2.01. The molecular formula is C18H20F2N4O3S. The fourth-order valence-corrected chi connectivity index (χ4v) is 4.54. The number of hydrogen-bond donors (Lipinski definition) is 4. The summed E-state index contributed by atoms with van der Waals surface area (Å²) < 4.78 is 54.4. The maximum Gasteiger partial charge on any atom is 0.250 e. The van der Waals surface area contributed by atoms with Crippen molar-refractivity contribution in [2.45, 2.75) is 19.2 Å². The van der Waals surface area contributed by atoms with E-state index in [2.05, 4.69) is 20.9 Å². The van der Waals surface area contributed by atoms with Gasteiger partial charge < -0.3 is 5.32 Å². The molecule has 1 aliphatic rings. The molecule has 7 nitrogen and oxygen atoms in total. The number of sulfonamides is 1. The number of amides is 1. The summed E-state index contributed by atoms with van der Waals surface area (Å²) in [7, 11) is -3.97. The van der Waals surface area contributed by atoms with Gasteiger partial charge in [-0.2, -0.15) is 0 Å². The normalized spacial score (nSPS) is 19.4. The summed E-state index contributed by atoms with van der Waals surface area (Å²) in [6.45, 7) is 3.74. The highest BCUT2D eigenvalue weighted by Crippen LogP contribution is 2.22. The average Bonchev–Trinajstić information content (AvgIpc) is 3.07. The van der Waals surface area contributed by atoms with Gasteiger partial charge in [0.1, 0.15) is 0 Å². The van der Waals surface area contributed by atoms with Gasteiger partial charge in [0, 0.05) is 24.0 Å². The summed E-state index contributed by atoms with van der Waals surface area (Å²) >= 11 is 0. The quantitative estimate of drug-likeness (QED) is 0.604. The standard InChI is InChI=1S/C18H20F2N4O3S/c1-10-5-11(2)7-13(6-10)24-28(26,27)18-14(9-21-23-18)17(25)22-12-3-4-15(19)16(20)8-12/h3-8,14,18,21,23-24H,9H2,1-2H3,(H,22,25). The Morgan fingerprint density at radius 1 is 1.04 bits per heavy atom. The van der Waals surface area contributed by atoms with Crippen LogP contribution in [0.2, 0.25) is 0 Å². The van der Waals surface area contributed by atoms with Crippen LogP contribution in [0.5, 0.6) is 0 Å². The zero-order valence-corrected chi connectivity index (χ0v) is 16.0. The van der Waals surface area contributed by atoms with Crippen LogP contribution in [0.25, 0.3) is 0 Å². The van der Waals surface area contributed by atoms with Crippen LogP contribution < -0.4 is 20.9 Å². The number of rotatable bonds is 5. The third kappa shape index (κ3) is 4.46. The summed E-state index contributed by atoms with van der Waals surface area (Å²) in [5.41, 5.74) is 7.46. The molecule has 0 spiro atoms. The van der Waals surface area contributed by atoms with Gasteiger partial charge in [0.2, 0.25) is 5.91 Å². The number of aryl methyl sites for hydroxylation is 2.